The Labute approximate surface area is 130 Å². The Morgan fingerprint density at radius 2 is 1.81 bits per heavy atom. The normalized spacial score (nSPS) is 25.5. The van der Waals surface area contributed by atoms with E-state index in [2.05, 4.69) is 10.0 Å². The highest BCUT2D eigenvalue weighted by atomic mass is 32.2. The van der Waals surface area contributed by atoms with Gasteiger partial charge >= 0.3 is 0 Å². The highest BCUT2D eigenvalue weighted by Crippen LogP contribution is 2.28. The van der Waals surface area contributed by atoms with Gasteiger partial charge in [0.05, 0.1) is 0 Å². The van der Waals surface area contributed by atoms with Gasteiger partial charge in [0.15, 0.2) is 0 Å². The summed E-state index contributed by atoms with van der Waals surface area (Å²) >= 11 is 0. The Morgan fingerprint density at radius 3 is 2.52 bits per heavy atom. The molecule has 1 unspecified atom stereocenters. The van der Waals surface area contributed by atoms with Crippen LogP contribution in [0.4, 0.5) is 0 Å². The predicted octanol–water partition coefficient (Wildman–Crippen LogP) is 1.87. The first-order chi connectivity index (χ1) is 10.1. The molecule has 0 aromatic rings. The molecule has 5 nitrogen and oxygen atoms in total. The van der Waals surface area contributed by atoms with Gasteiger partial charge in [0.1, 0.15) is 0 Å². The monoisotopic (exact) mass is 317 g/mol. The van der Waals surface area contributed by atoms with Crippen LogP contribution in [-0.4, -0.2) is 45.4 Å². The van der Waals surface area contributed by atoms with Crippen molar-refractivity contribution in [3.8, 4) is 0 Å². The molecule has 2 N–H and O–H groups in total. The molecule has 0 bridgehead atoms. The van der Waals surface area contributed by atoms with Crippen LogP contribution >= 0.6 is 0 Å². The fourth-order valence-electron chi connectivity index (χ4n) is 3.70. The second-order valence-electron chi connectivity index (χ2n) is 6.51. The Morgan fingerprint density at radius 1 is 1.10 bits per heavy atom. The first-order valence-corrected chi connectivity index (χ1v) is 9.98. The largest absolute Gasteiger partial charge is 0.318 e. The average molecular weight is 317 g/mol. The van der Waals surface area contributed by atoms with Gasteiger partial charge in [-0.05, 0) is 38.6 Å². The second kappa shape index (κ2) is 8.46. The summed E-state index contributed by atoms with van der Waals surface area (Å²) in [5.41, 5.74) is 0. The van der Waals surface area contributed by atoms with Crippen LogP contribution in [0.2, 0.25) is 0 Å². The quantitative estimate of drug-likeness (QED) is 0.672. The molecule has 1 saturated heterocycles. The van der Waals surface area contributed by atoms with Crippen LogP contribution in [0.15, 0.2) is 0 Å². The minimum absolute atomic E-state index is 0.107. The van der Waals surface area contributed by atoms with E-state index in [0.29, 0.717) is 13.1 Å². The zero-order valence-corrected chi connectivity index (χ0v) is 14.1. The van der Waals surface area contributed by atoms with E-state index in [4.69, 9.17) is 0 Å². The summed E-state index contributed by atoms with van der Waals surface area (Å²) in [6, 6.07) is 0.107. The van der Waals surface area contributed by atoms with E-state index < -0.39 is 10.2 Å². The van der Waals surface area contributed by atoms with Crippen LogP contribution in [0.25, 0.3) is 0 Å². The van der Waals surface area contributed by atoms with Gasteiger partial charge in [0.2, 0.25) is 0 Å². The van der Waals surface area contributed by atoms with Gasteiger partial charge in [-0.1, -0.05) is 32.1 Å². The zero-order chi connectivity index (χ0) is 15.1. The van der Waals surface area contributed by atoms with Gasteiger partial charge < -0.3 is 5.32 Å². The average Bonchev–Trinajstić information content (AvgIpc) is 2.98. The van der Waals surface area contributed by atoms with Crippen LogP contribution in [0.3, 0.4) is 0 Å². The number of hydrogen-bond donors (Lipinski definition) is 2. The molecule has 0 aromatic heterocycles. The molecule has 21 heavy (non-hydrogen) atoms. The van der Waals surface area contributed by atoms with Crippen molar-refractivity contribution >= 4 is 10.2 Å². The Hall–Kier alpha value is -0.170. The van der Waals surface area contributed by atoms with E-state index in [9.17, 15) is 8.42 Å². The Bertz CT molecular complexity index is 392. The summed E-state index contributed by atoms with van der Waals surface area (Å²) in [6.07, 6.45) is 10.6. The fraction of sp³-hybridized carbons (Fsp3) is 1.00. The van der Waals surface area contributed by atoms with Gasteiger partial charge in [0.25, 0.3) is 10.2 Å². The summed E-state index contributed by atoms with van der Waals surface area (Å²) in [4.78, 5) is 0. The van der Waals surface area contributed by atoms with Gasteiger partial charge in [-0.25, -0.2) is 4.72 Å². The maximum Gasteiger partial charge on any atom is 0.279 e. The lowest BCUT2D eigenvalue weighted by molar-refractivity contribution is 0.246. The minimum atomic E-state index is -3.31. The van der Waals surface area contributed by atoms with Crippen LogP contribution in [0.1, 0.15) is 57.8 Å². The first kappa shape index (κ1) is 17.2. The SMILES string of the molecule is CNCC1CCCCN1S(=O)(=O)NCCCC1CCCC1. The zero-order valence-electron chi connectivity index (χ0n) is 13.3. The molecule has 1 aliphatic heterocycles. The number of nitrogens with zero attached hydrogens (tertiary/aromatic N) is 1. The lowest BCUT2D eigenvalue weighted by atomic mass is 10.0. The van der Waals surface area contributed by atoms with E-state index in [1.165, 1.54) is 32.1 Å². The summed E-state index contributed by atoms with van der Waals surface area (Å²) < 4.78 is 29.4. The maximum atomic E-state index is 12.5. The topological polar surface area (TPSA) is 61.4 Å². The smallest absolute Gasteiger partial charge is 0.279 e. The molecule has 1 atom stereocenters. The number of nitrogens with one attached hydrogen (secondary N) is 2. The molecule has 6 heteroatoms. The maximum absolute atomic E-state index is 12.5. The molecule has 1 aliphatic carbocycles. The lowest BCUT2D eigenvalue weighted by Crippen LogP contribution is -2.52. The van der Waals surface area contributed by atoms with E-state index in [1.807, 2.05) is 7.05 Å². The van der Waals surface area contributed by atoms with Crippen molar-refractivity contribution < 1.29 is 8.42 Å². The molecule has 2 rings (SSSR count). The van der Waals surface area contributed by atoms with Crippen LogP contribution < -0.4 is 10.0 Å². The molecule has 2 fully saturated rings. The molecule has 0 spiro atoms. The summed E-state index contributed by atoms with van der Waals surface area (Å²) in [5, 5.41) is 3.11. The van der Waals surface area contributed by atoms with E-state index >= 15 is 0 Å². The lowest BCUT2D eigenvalue weighted by Gasteiger charge is -2.34. The standard InChI is InChI=1S/C15H31N3O2S/c1-16-13-15-10-4-5-12-18(15)21(19,20)17-11-6-9-14-7-2-3-8-14/h14-17H,2-13H2,1H3. The van der Waals surface area contributed by atoms with Crippen LogP contribution in [0, 0.1) is 5.92 Å². The summed E-state index contributed by atoms with van der Waals surface area (Å²) in [7, 11) is -1.42. The molecule has 2 aliphatic rings. The first-order valence-electron chi connectivity index (χ1n) is 8.54. The van der Waals surface area contributed by atoms with Gasteiger partial charge in [-0.2, -0.15) is 12.7 Å². The van der Waals surface area contributed by atoms with Crippen molar-refractivity contribution in [1.82, 2.24) is 14.3 Å². The van der Waals surface area contributed by atoms with E-state index in [-0.39, 0.29) is 6.04 Å². The van der Waals surface area contributed by atoms with Crippen LogP contribution in [-0.2, 0) is 10.2 Å². The number of likely N-dealkylation sites (N-methyl/N-ethyl adjacent to an activating group) is 1. The molecule has 0 amide bonds. The molecule has 1 heterocycles. The number of rotatable bonds is 8. The van der Waals surface area contributed by atoms with Crippen molar-refractivity contribution in [1.29, 1.82) is 0 Å². The predicted molar refractivity (Wildman–Crippen MR) is 86.4 cm³/mol. The van der Waals surface area contributed by atoms with Crippen molar-refractivity contribution in [2.45, 2.75) is 63.8 Å². The highest BCUT2D eigenvalue weighted by Gasteiger charge is 2.31. The van der Waals surface area contributed by atoms with Gasteiger partial charge in [-0.15, -0.1) is 0 Å². The number of hydrogen-bond acceptors (Lipinski definition) is 3. The fourth-order valence-corrected chi connectivity index (χ4v) is 5.21. The van der Waals surface area contributed by atoms with Crippen molar-refractivity contribution in [2.75, 3.05) is 26.7 Å². The van der Waals surface area contributed by atoms with Crippen molar-refractivity contribution in [2.24, 2.45) is 5.92 Å². The third kappa shape index (κ3) is 5.20. The van der Waals surface area contributed by atoms with E-state index in [1.54, 1.807) is 4.31 Å². The van der Waals surface area contributed by atoms with Crippen molar-refractivity contribution in [3.63, 3.8) is 0 Å². The Balaban J connectivity index is 1.76. The molecule has 0 radical (unpaired) electrons. The third-order valence-electron chi connectivity index (χ3n) is 4.87. The van der Waals surface area contributed by atoms with Gasteiger partial charge in [-0.3, -0.25) is 0 Å². The summed E-state index contributed by atoms with van der Waals surface area (Å²) in [6.45, 7) is 1.98. The molecular formula is C15H31N3O2S. The minimum Gasteiger partial charge on any atom is -0.318 e. The highest BCUT2D eigenvalue weighted by molar-refractivity contribution is 7.87. The van der Waals surface area contributed by atoms with E-state index in [0.717, 1.165) is 38.1 Å². The molecular weight excluding hydrogens is 286 g/mol. The number of piperidine rings is 1. The molecule has 0 aromatic carbocycles. The van der Waals surface area contributed by atoms with Crippen molar-refractivity contribution in [3.05, 3.63) is 0 Å². The van der Waals surface area contributed by atoms with Gasteiger partial charge in [0, 0.05) is 25.7 Å². The molecule has 1 saturated carbocycles. The summed E-state index contributed by atoms with van der Waals surface area (Å²) in [5.74, 6) is 0.835. The second-order valence-corrected chi connectivity index (χ2v) is 8.22. The third-order valence-corrected chi connectivity index (χ3v) is 6.54. The molecule has 124 valence electrons. The Kier molecular flexibility index (Phi) is 6.92. The van der Waals surface area contributed by atoms with Crippen LogP contribution in [0.5, 0.6) is 0 Å².